The third-order valence-corrected chi connectivity index (χ3v) is 4.04. The monoisotopic (exact) mass is 339 g/mol. The minimum Gasteiger partial charge on any atom is -0.344 e. The summed E-state index contributed by atoms with van der Waals surface area (Å²) in [6.45, 7) is 2.07. The molecule has 0 fully saturated rings. The molecule has 0 aliphatic rings. The molecule has 130 valence electrons. The number of halogens is 4. The predicted molar refractivity (Wildman–Crippen MR) is 73.7 cm³/mol. The van der Waals surface area contributed by atoms with Gasteiger partial charge in [0.2, 0.25) is 0 Å². The highest BCUT2D eigenvalue weighted by Gasteiger charge is 2.64. The quantitative estimate of drug-likeness (QED) is 0.321. The molecule has 0 amide bonds. The summed E-state index contributed by atoms with van der Waals surface area (Å²) in [4.78, 5) is 0. The van der Waals surface area contributed by atoms with Crippen molar-refractivity contribution in [1.82, 2.24) is 6.15 Å². The number of hydrogen-bond donors (Lipinski definition) is 2. The van der Waals surface area contributed by atoms with Gasteiger partial charge in [-0.05, 0) is 6.42 Å². The molecule has 0 heterocycles. The minimum atomic E-state index is -6.10. The van der Waals surface area contributed by atoms with Gasteiger partial charge in [-0.15, -0.1) is 0 Å². The third-order valence-electron chi connectivity index (χ3n) is 3.09. The lowest BCUT2D eigenvalue weighted by atomic mass is 10.1. The zero-order valence-electron chi connectivity index (χ0n) is 12.3. The van der Waals surface area contributed by atoms with E-state index in [1.165, 1.54) is 0 Å². The Balaban J connectivity index is 0. The van der Waals surface area contributed by atoms with Gasteiger partial charge in [-0.1, -0.05) is 51.9 Å². The van der Waals surface area contributed by atoms with Crippen molar-refractivity contribution >= 4 is 10.1 Å². The standard InChI is InChI=1S/C12H22F4O3S.H3N/c1-2-3-4-5-6-7-8-9-10-11(13,14)12(15,16)20(17,18)19;/h2-10H2,1H3,(H,17,18,19);1H3. The van der Waals surface area contributed by atoms with E-state index in [0.29, 0.717) is 12.8 Å². The van der Waals surface area contributed by atoms with Crippen LogP contribution in [-0.2, 0) is 10.1 Å². The van der Waals surface area contributed by atoms with E-state index in [1.807, 2.05) is 0 Å². The van der Waals surface area contributed by atoms with E-state index in [9.17, 15) is 26.0 Å². The van der Waals surface area contributed by atoms with Crippen LogP contribution in [0.25, 0.3) is 0 Å². The Morgan fingerprint density at radius 1 is 0.857 bits per heavy atom. The van der Waals surface area contributed by atoms with E-state index >= 15 is 0 Å². The van der Waals surface area contributed by atoms with Crippen molar-refractivity contribution in [3.63, 3.8) is 0 Å². The lowest BCUT2D eigenvalue weighted by Gasteiger charge is -2.23. The average molecular weight is 339 g/mol. The lowest BCUT2D eigenvalue weighted by Crippen LogP contribution is -2.46. The van der Waals surface area contributed by atoms with Crippen LogP contribution < -0.4 is 6.15 Å². The van der Waals surface area contributed by atoms with E-state index in [4.69, 9.17) is 4.55 Å². The summed E-state index contributed by atoms with van der Waals surface area (Å²) in [5, 5.41) is -5.43. The maximum atomic E-state index is 13.1. The van der Waals surface area contributed by atoms with E-state index < -0.39 is 27.7 Å². The van der Waals surface area contributed by atoms with Crippen molar-refractivity contribution in [2.24, 2.45) is 0 Å². The third kappa shape index (κ3) is 7.42. The summed E-state index contributed by atoms with van der Waals surface area (Å²) in [6.07, 6.45) is 4.62. The first-order valence-corrected chi connectivity index (χ1v) is 8.23. The van der Waals surface area contributed by atoms with Crippen LogP contribution in [0.15, 0.2) is 0 Å². The second-order valence-electron chi connectivity index (χ2n) is 4.92. The van der Waals surface area contributed by atoms with Crippen molar-refractivity contribution in [1.29, 1.82) is 0 Å². The van der Waals surface area contributed by atoms with Gasteiger partial charge >= 0.3 is 21.3 Å². The van der Waals surface area contributed by atoms with Crippen molar-refractivity contribution < 1.29 is 30.5 Å². The highest BCUT2D eigenvalue weighted by atomic mass is 32.2. The average Bonchev–Trinajstić information content (AvgIpc) is 2.31. The number of hydrogen-bond acceptors (Lipinski definition) is 3. The molecule has 0 saturated heterocycles. The molecule has 0 aromatic heterocycles. The van der Waals surface area contributed by atoms with E-state index in [-0.39, 0.29) is 12.6 Å². The van der Waals surface area contributed by atoms with E-state index in [2.05, 4.69) is 6.92 Å². The zero-order chi connectivity index (χ0) is 15.9. The summed E-state index contributed by atoms with van der Waals surface area (Å²) in [6, 6.07) is 0. The second kappa shape index (κ2) is 9.58. The van der Waals surface area contributed by atoms with Gasteiger partial charge in [0.25, 0.3) is 0 Å². The topological polar surface area (TPSA) is 89.4 Å². The minimum absolute atomic E-state index is 0. The Kier molecular flexibility index (Phi) is 10.4. The second-order valence-corrected chi connectivity index (χ2v) is 6.38. The van der Waals surface area contributed by atoms with Crippen molar-refractivity contribution in [2.75, 3.05) is 0 Å². The first kappa shape index (κ1) is 22.9. The highest BCUT2D eigenvalue weighted by molar-refractivity contribution is 7.87. The SMILES string of the molecule is CCCCCCCCCCC(F)(F)C(F)(F)S(=O)(=O)O.N. The molecule has 21 heavy (non-hydrogen) atoms. The number of rotatable bonds is 11. The van der Waals surface area contributed by atoms with Crippen molar-refractivity contribution in [2.45, 2.75) is 75.9 Å². The van der Waals surface area contributed by atoms with Gasteiger partial charge in [-0.25, -0.2) is 0 Å². The highest BCUT2D eigenvalue weighted by Crippen LogP contribution is 2.41. The van der Waals surface area contributed by atoms with E-state index in [1.54, 1.807) is 0 Å². The van der Waals surface area contributed by atoms with Gasteiger partial charge in [0.1, 0.15) is 0 Å². The van der Waals surface area contributed by atoms with Crippen LogP contribution in [-0.4, -0.2) is 24.1 Å². The van der Waals surface area contributed by atoms with Gasteiger partial charge in [0.05, 0.1) is 0 Å². The van der Waals surface area contributed by atoms with Crippen LogP contribution in [0.5, 0.6) is 0 Å². The van der Waals surface area contributed by atoms with Crippen molar-refractivity contribution in [3.05, 3.63) is 0 Å². The van der Waals surface area contributed by atoms with Crippen molar-refractivity contribution in [3.8, 4) is 0 Å². The first-order chi connectivity index (χ1) is 9.06. The lowest BCUT2D eigenvalue weighted by molar-refractivity contribution is -0.164. The summed E-state index contributed by atoms with van der Waals surface area (Å²) in [5.74, 6) is -4.75. The van der Waals surface area contributed by atoms with Crippen LogP contribution in [0, 0.1) is 0 Å². The molecule has 0 unspecified atom stereocenters. The molecule has 0 bridgehead atoms. The van der Waals surface area contributed by atoms with Gasteiger partial charge in [-0.2, -0.15) is 26.0 Å². The Morgan fingerprint density at radius 2 is 1.24 bits per heavy atom. The molecular formula is C12H25F4NO3S. The molecule has 0 rings (SSSR count). The normalized spacial score (nSPS) is 13.0. The Morgan fingerprint density at radius 3 is 1.62 bits per heavy atom. The molecule has 0 aromatic carbocycles. The molecule has 0 atom stereocenters. The summed E-state index contributed by atoms with van der Waals surface area (Å²) >= 11 is 0. The molecule has 0 spiro atoms. The first-order valence-electron chi connectivity index (χ1n) is 6.79. The molecule has 0 radical (unpaired) electrons. The number of alkyl halides is 4. The van der Waals surface area contributed by atoms with Crippen LogP contribution >= 0.6 is 0 Å². The van der Waals surface area contributed by atoms with E-state index in [0.717, 1.165) is 32.1 Å². The molecule has 0 aromatic rings. The van der Waals surface area contributed by atoms with Crippen LogP contribution in [0.4, 0.5) is 17.6 Å². The van der Waals surface area contributed by atoms with Gasteiger partial charge in [0, 0.05) is 6.42 Å². The Bertz CT molecular complexity index is 375. The maximum absolute atomic E-state index is 13.1. The summed E-state index contributed by atoms with van der Waals surface area (Å²) in [7, 11) is -6.10. The molecule has 4 N–H and O–H groups in total. The van der Waals surface area contributed by atoms with Gasteiger partial charge in [0.15, 0.2) is 0 Å². The molecule has 0 saturated carbocycles. The molecule has 9 heteroatoms. The van der Waals surface area contributed by atoms with Gasteiger partial charge in [-0.3, -0.25) is 4.55 Å². The zero-order valence-corrected chi connectivity index (χ0v) is 13.1. The van der Waals surface area contributed by atoms with Gasteiger partial charge < -0.3 is 6.15 Å². The number of unbranched alkanes of at least 4 members (excludes halogenated alkanes) is 7. The largest absolute Gasteiger partial charge is 0.431 e. The fraction of sp³-hybridized carbons (Fsp3) is 1.00. The molecule has 0 aliphatic heterocycles. The maximum Gasteiger partial charge on any atom is 0.431 e. The summed E-state index contributed by atoms with van der Waals surface area (Å²) < 4.78 is 80.5. The van der Waals surface area contributed by atoms with Crippen LogP contribution in [0.1, 0.15) is 64.7 Å². The molecular weight excluding hydrogens is 314 g/mol. The van der Waals surface area contributed by atoms with Crippen LogP contribution in [0.3, 0.4) is 0 Å². The molecule has 0 aliphatic carbocycles. The smallest absolute Gasteiger partial charge is 0.344 e. The predicted octanol–water partition coefficient (Wildman–Crippen LogP) is 4.80. The Hall–Kier alpha value is -0.410. The summed E-state index contributed by atoms with van der Waals surface area (Å²) in [5.41, 5.74) is 0. The fourth-order valence-corrected chi connectivity index (χ4v) is 2.29. The fourth-order valence-electron chi connectivity index (χ4n) is 1.82. The Labute approximate surface area is 123 Å². The van der Waals surface area contributed by atoms with Crippen LogP contribution in [0.2, 0.25) is 0 Å². The molecule has 4 nitrogen and oxygen atoms in total.